The lowest BCUT2D eigenvalue weighted by molar-refractivity contribution is -0.274. The number of hydrogen-bond acceptors (Lipinski definition) is 7. The molecule has 1 unspecified atom stereocenters. The summed E-state index contributed by atoms with van der Waals surface area (Å²) in [5.41, 5.74) is -0.0337. The van der Waals surface area contributed by atoms with E-state index in [1.54, 1.807) is 6.92 Å². The van der Waals surface area contributed by atoms with Gasteiger partial charge in [-0.1, -0.05) is 0 Å². The second kappa shape index (κ2) is 9.50. The number of rotatable bonds is 8. The minimum absolute atomic E-state index is 0.0125. The van der Waals surface area contributed by atoms with Crippen LogP contribution in [0.15, 0.2) is 30.3 Å². The van der Waals surface area contributed by atoms with Crippen molar-refractivity contribution in [3.05, 3.63) is 41.5 Å². The Morgan fingerprint density at radius 2 is 1.97 bits per heavy atom. The number of nitrogens with zero attached hydrogens (tertiary/aromatic N) is 1. The van der Waals surface area contributed by atoms with Crippen LogP contribution in [0, 0.1) is 11.3 Å². The number of halogens is 3. The molecule has 1 atom stereocenters. The van der Waals surface area contributed by atoms with Gasteiger partial charge in [-0.3, -0.25) is 4.79 Å². The van der Waals surface area contributed by atoms with Crippen molar-refractivity contribution in [3.8, 4) is 29.1 Å². The normalized spacial score (nSPS) is 14.3. The van der Waals surface area contributed by atoms with Crippen molar-refractivity contribution in [1.82, 2.24) is 5.32 Å². The number of benzene rings is 2. The van der Waals surface area contributed by atoms with Gasteiger partial charge in [0, 0.05) is 5.56 Å². The van der Waals surface area contributed by atoms with Crippen molar-refractivity contribution in [1.29, 1.82) is 5.26 Å². The second-order valence-corrected chi connectivity index (χ2v) is 7.38. The largest absolute Gasteiger partial charge is 0.573 e. The maximum Gasteiger partial charge on any atom is 0.573 e. The van der Waals surface area contributed by atoms with E-state index >= 15 is 0 Å². The third-order valence-corrected chi connectivity index (χ3v) is 4.70. The molecule has 1 aliphatic rings. The predicted molar refractivity (Wildman–Crippen MR) is 111 cm³/mol. The highest BCUT2D eigenvalue weighted by Crippen LogP contribution is 2.38. The van der Waals surface area contributed by atoms with E-state index < -0.39 is 23.6 Å². The third-order valence-electron chi connectivity index (χ3n) is 4.70. The van der Waals surface area contributed by atoms with Crippen molar-refractivity contribution < 1.29 is 41.9 Å². The molecule has 2 aromatic rings. The fraction of sp³-hybridized carbons (Fsp3) is 0.333. The standard InChI is InChI=1S/C21H20BF3N2O6/c1-3-30-18-16-13(9-32-22-16)8-15(28)17(18)31-11-20(2,10-26)27-19(29)12-4-6-14(7-5-12)33-21(23,24)25/h4-8,22,28H,3,9,11H2,1-2H3,(H,27,29). The number of phenolic OH excluding ortho intramolecular Hbond substituents is 1. The monoisotopic (exact) mass is 464 g/mol. The van der Waals surface area contributed by atoms with Crippen LogP contribution in [0.1, 0.15) is 29.8 Å². The van der Waals surface area contributed by atoms with Gasteiger partial charge in [0.15, 0.2) is 17.0 Å². The van der Waals surface area contributed by atoms with Crippen molar-refractivity contribution in [2.24, 2.45) is 0 Å². The van der Waals surface area contributed by atoms with Crippen molar-refractivity contribution in [2.45, 2.75) is 32.4 Å². The van der Waals surface area contributed by atoms with Gasteiger partial charge < -0.3 is 29.3 Å². The topological polar surface area (TPSA) is 110 Å². The van der Waals surface area contributed by atoms with Crippen molar-refractivity contribution in [3.63, 3.8) is 0 Å². The average Bonchev–Trinajstić information content (AvgIpc) is 3.21. The maximum atomic E-state index is 12.5. The smallest absolute Gasteiger partial charge is 0.504 e. The fourth-order valence-electron chi connectivity index (χ4n) is 3.15. The Morgan fingerprint density at radius 3 is 2.58 bits per heavy atom. The van der Waals surface area contributed by atoms with Crippen molar-refractivity contribution in [2.75, 3.05) is 13.2 Å². The molecule has 2 aromatic carbocycles. The van der Waals surface area contributed by atoms with Gasteiger partial charge >= 0.3 is 13.8 Å². The van der Waals surface area contributed by atoms with E-state index in [0.717, 1.165) is 35.3 Å². The Hall–Kier alpha value is -3.59. The van der Waals surface area contributed by atoms with Crippen molar-refractivity contribution >= 4 is 18.9 Å². The number of carbonyl (C=O) groups excluding carboxylic acids is 1. The highest BCUT2D eigenvalue weighted by atomic mass is 19.4. The highest BCUT2D eigenvalue weighted by molar-refractivity contribution is 6.50. The molecule has 0 spiro atoms. The predicted octanol–water partition coefficient (Wildman–Crippen LogP) is 2.29. The Balaban J connectivity index is 1.73. The Kier molecular flexibility index (Phi) is 6.93. The number of fused-ring (bicyclic) bond motifs is 1. The highest BCUT2D eigenvalue weighted by Gasteiger charge is 2.32. The molecule has 0 radical (unpaired) electrons. The minimum Gasteiger partial charge on any atom is -0.504 e. The van der Waals surface area contributed by atoms with E-state index in [1.807, 2.05) is 6.07 Å². The van der Waals surface area contributed by atoms with Gasteiger partial charge in [-0.2, -0.15) is 5.26 Å². The molecule has 33 heavy (non-hydrogen) atoms. The molecular formula is C21H20BF3N2O6. The van der Waals surface area contributed by atoms with Gasteiger partial charge in [-0.15, -0.1) is 13.2 Å². The summed E-state index contributed by atoms with van der Waals surface area (Å²) in [6.07, 6.45) is -4.85. The number of aromatic hydroxyl groups is 1. The lowest BCUT2D eigenvalue weighted by Crippen LogP contribution is -2.49. The second-order valence-electron chi connectivity index (χ2n) is 7.38. The molecule has 3 rings (SSSR count). The number of amides is 1. The van der Waals surface area contributed by atoms with Crippen LogP contribution in [-0.4, -0.2) is 43.6 Å². The summed E-state index contributed by atoms with van der Waals surface area (Å²) in [5.74, 6) is -1.07. The third kappa shape index (κ3) is 5.81. The first-order valence-corrected chi connectivity index (χ1v) is 9.86. The maximum absolute atomic E-state index is 12.5. The number of nitriles is 1. The summed E-state index contributed by atoms with van der Waals surface area (Å²) in [7, 11) is 0.279. The molecule has 0 saturated carbocycles. The summed E-state index contributed by atoms with van der Waals surface area (Å²) >= 11 is 0. The van der Waals surface area contributed by atoms with Gasteiger partial charge in [0.1, 0.15) is 12.4 Å². The first-order valence-electron chi connectivity index (χ1n) is 9.86. The quantitative estimate of drug-likeness (QED) is 0.577. The molecule has 0 fully saturated rings. The zero-order valence-electron chi connectivity index (χ0n) is 17.8. The summed E-state index contributed by atoms with van der Waals surface area (Å²) in [4.78, 5) is 12.5. The molecule has 0 aromatic heterocycles. The van der Waals surface area contributed by atoms with Gasteiger partial charge in [-0.25, -0.2) is 0 Å². The number of ether oxygens (including phenoxy) is 3. The van der Waals surface area contributed by atoms with Gasteiger partial charge in [-0.05, 0) is 55.2 Å². The van der Waals surface area contributed by atoms with Crippen LogP contribution in [0.3, 0.4) is 0 Å². The Labute approximate surface area is 188 Å². The first-order chi connectivity index (χ1) is 15.5. The van der Waals surface area contributed by atoms with Crippen LogP contribution in [-0.2, 0) is 11.3 Å². The molecule has 1 aliphatic heterocycles. The van der Waals surface area contributed by atoms with E-state index in [-0.39, 0.29) is 31.2 Å². The van der Waals surface area contributed by atoms with Crippen LogP contribution in [0.25, 0.3) is 0 Å². The number of hydrogen-bond donors (Lipinski definition) is 2. The number of carbonyl (C=O) groups is 1. The molecule has 2 N–H and O–H groups in total. The summed E-state index contributed by atoms with van der Waals surface area (Å²) in [5, 5.41) is 22.5. The molecule has 1 amide bonds. The Morgan fingerprint density at radius 1 is 1.27 bits per heavy atom. The first kappa shape index (κ1) is 24.1. The zero-order chi connectivity index (χ0) is 24.2. The molecule has 1 heterocycles. The molecule has 12 heteroatoms. The fourth-order valence-corrected chi connectivity index (χ4v) is 3.15. The SMILES string of the molecule is CCOc1c2c(cc(O)c1OCC(C)(C#N)NC(=O)c1ccc(OC(F)(F)F)cc1)COB2. The van der Waals surface area contributed by atoms with Crippen LogP contribution < -0.4 is 25.0 Å². The van der Waals surface area contributed by atoms with E-state index in [1.165, 1.54) is 13.0 Å². The van der Waals surface area contributed by atoms with Crippen LogP contribution in [0.4, 0.5) is 13.2 Å². The van der Waals surface area contributed by atoms with Crippen LogP contribution in [0.2, 0.25) is 0 Å². The van der Waals surface area contributed by atoms with Gasteiger partial charge in [0.2, 0.25) is 5.75 Å². The van der Waals surface area contributed by atoms with Crippen LogP contribution in [0.5, 0.6) is 23.0 Å². The van der Waals surface area contributed by atoms with E-state index in [4.69, 9.17) is 14.1 Å². The van der Waals surface area contributed by atoms with E-state index in [0.29, 0.717) is 19.0 Å². The molecule has 8 nitrogen and oxygen atoms in total. The molecular weight excluding hydrogens is 444 g/mol. The molecule has 0 saturated heterocycles. The van der Waals surface area contributed by atoms with E-state index in [2.05, 4.69) is 10.1 Å². The Bertz CT molecular complexity index is 1070. The number of alkyl halides is 3. The van der Waals surface area contributed by atoms with Crippen LogP contribution >= 0.6 is 0 Å². The van der Waals surface area contributed by atoms with E-state index in [9.17, 15) is 28.3 Å². The molecule has 0 bridgehead atoms. The lowest BCUT2D eigenvalue weighted by atomic mass is 9.85. The lowest BCUT2D eigenvalue weighted by Gasteiger charge is -2.25. The summed E-state index contributed by atoms with van der Waals surface area (Å²) < 4.78 is 57.3. The summed E-state index contributed by atoms with van der Waals surface area (Å²) in [6, 6.07) is 7.67. The number of phenols is 1. The summed E-state index contributed by atoms with van der Waals surface area (Å²) in [6.45, 7) is 3.44. The number of nitrogens with one attached hydrogen (secondary N) is 1. The average molecular weight is 464 g/mol. The minimum atomic E-state index is -4.85. The zero-order valence-corrected chi connectivity index (χ0v) is 17.8. The molecule has 0 aliphatic carbocycles. The van der Waals surface area contributed by atoms with Gasteiger partial charge in [0.05, 0.1) is 19.3 Å². The molecule has 174 valence electrons. The van der Waals surface area contributed by atoms with Gasteiger partial charge in [0.25, 0.3) is 5.91 Å².